The van der Waals surface area contributed by atoms with Crippen LogP contribution in [0.3, 0.4) is 0 Å². The third-order valence-corrected chi connectivity index (χ3v) is 3.25. The SMILES string of the molecule is CCNC(=NCC(OC)C(C)(C)C)NCCNC(=O)C(C)C.I. The second-order valence-electron chi connectivity index (χ2n) is 6.68. The molecule has 0 fully saturated rings. The second-order valence-corrected chi connectivity index (χ2v) is 6.68. The first-order valence-corrected chi connectivity index (χ1v) is 8.05. The van der Waals surface area contributed by atoms with Crippen molar-refractivity contribution in [2.45, 2.75) is 47.6 Å². The van der Waals surface area contributed by atoms with Gasteiger partial charge in [-0.15, -0.1) is 24.0 Å². The molecule has 0 aliphatic heterocycles. The van der Waals surface area contributed by atoms with Crippen LogP contribution in [0.5, 0.6) is 0 Å². The van der Waals surface area contributed by atoms with Gasteiger partial charge < -0.3 is 20.7 Å². The van der Waals surface area contributed by atoms with Crippen molar-refractivity contribution in [3.05, 3.63) is 0 Å². The van der Waals surface area contributed by atoms with E-state index in [1.807, 2.05) is 20.8 Å². The van der Waals surface area contributed by atoms with Crippen molar-refractivity contribution in [3.8, 4) is 0 Å². The van der Waals surface area contributed by atoms with Gasteiger partial charge in [-0.05, 0) is 12.3 Å². The molecule has 0 bridgehead atoms. The minimum Gasteiger partial charge on any atom is -0.379 e. The van der Waals surface area contributed by atoms with E-state index in [2.05, 4.69) is 41.7 Å². The molecule has 3 N–H and O–H groups in total. The van der Waals surface area contributed by atoms with E-state index in [-0.39, 0.29) is 47.3 Å². The quantitative estimate of drug-likeness (QED) is 0.233. The van der Waals surface area contributed by atoms with E-state index in [1.54, 1.807) is 7.11 Å². The maximum atomic E-state index is 11.5. The molecule has 1 unspecified atom stereocenters. The number of methoxy groups -OCH3 is 1. The van der Waals surface area contributed by atoms with Crippen LogP contribution >= 0.6 is 24.0 Å². The number of guanidine groups is 1. The molecule has 1 amide bonds. The highest BCUT2D eigenvalue weighted by Gasteiger charge is 2.24. The molecular formula is C16H35IN4O2. The average molecular weight is 442 g/mol. The number of nitrogens with one attached hydrogen (secondary N) is 3. The minimum atomic E-state index is 0. The summed E-state index contributed by atoms with van der Waals surface area (Å²) < 4.78 is 5.51. The van der Waals surface area contributed by atoms with Crippen LogP contribution in [0.4, 0.5) is 0 Å². The smallest absolute Gasteiger partial charge is 0.222 e. The summed E-state index contributed by atoms with van der Waals surface area (Å²) in [4.78, 5) is 16.0. The number of hydrogen-bond acceptors (Lipinski definition) is 3. The summed E-state index contributed by atoms with van der Waals surface area (Å²) in [7, 11) is 1.72. The minimum absolute atomic E-state index is 0. The number of carbonyl (C=O) groups excluding carboxylic acids is 1. The Hall–Kier alpha value is -0.570. The third kappa shape index (κ3) is 11.6. The highest BCUT2D eigenvalue weighted by Crippen LogP contribution is 2.21. The Morgan fingerprint density at radius 1 is 1.13 bits per heavy atom. The molecule has 0 radical (unpaired) electrons. The summed E-state index contributed by atoms with van der Waals surface area (Å²) in [5.74, 6) is 0.819. The van der Waals surface area contributed by atoms with Crippen molar-refractivity contribution in [2.24, 2.45) is 16.3 Å². The molecule has 7 heteroatoms. The number of aliphatic imine (C=N–C) groups is 1. The molecule has 0 spiro atoms. The molecule has 0 aromatic rings. The van der Waals surface area contributed by atoms with E-state index in [1.165, 1.54) is 0 Å². The highest BCUT2D eigenvalue weighted by molar-refractivity contribution is 14.0. The summed E-state index contributed by atoms with van der Waals surface area (Å²) in [6, 6.07) is 0. The van der Waals surface area contributed by atoms with Crippen molar-refractivity contribution in [2.75, 3.05) is 33.3 Å². The molecule has 0 aliphatic rings. The maximum Gasteiger partial charge on any atom is 0.222 e. The Bertz CT molecular complexity index is 354. The predicted molar refractivity (Wildman–Crippen MR) is 107 cm³/mol. The highest BCUT2D eigenvalue weighted by atomic mass is 127. The van der Waals surface area contributed by atoms with Gasteiger partial charge in [0.25, 0.3) is 0 Å². The first-order valence-electron chi connectivity index (χ1n) is 8.05. The first-order chi connectivity index (χ1) is 10.2. The van der Waals surface area contributed by atoms with Gasteiger partial charge in [0.1, 0.15) is 0 Å². The van der Waals surface area contributed by atoms with Crippen LogP contribution < -0.4 is 16.0 Å². The number of halogens is 1. The lowest BCUT2D eigenvalue weighted by atomic mass is 9.89. The Morgan fingerprint density at radius 2 is 1.70 bits per heavy atom. The van der Waals surface area contributed by atoms with Crippen molar-refractivity contribution in [3.63, 3.8) is 0 Å². The first kappa shape index (κ1) is 24.7. The number of rotatable bonds is 8. The Balaban J connectivity index is 0. The van der Waals surface area contributed by atoms with Gasteiger partial charge in [-0.1, -0.05) is 34.6 Å². The number of carbonyl (C=O) groups is 1. The van der Waals surface area contributed by atoms with Gasteiger partial charge in [0.2, 0.25) is 5.91 Å². The lowest BCUT2D eigenvalue weighted by Crippen LogP contribution is -2.43. The lowest BCUT2D eigenvalue weighted by Gasteiger charge is -2.28. The summed E-state index contributed by atoms with van der Waals surface area (Å²) in [5.41, 5.74) is 0.0425. The Labute approximate surface area is 158 Å². The molecule has 23 heavy (non-hydrogen) atoms. The zero-order chi connectivity index (χ0) is 17.2. The monoisotopic (exact) mass is 442 g/mol. The Morgan fingerprint density at radius 3 is 2.13 bits per heavy atom. The van der Waals surface area contributed by atoms with Crippen molar-refractivity contribution in [1.29, 1.82) is 0 Å². The van der Waals surface area contributed by atoms with Gasteiger partial charge in [0.05, 0.1) is 12.6 Å². The molecule has 0 saturated heterocycles. The predicted octanol–water partition coefficient (Wildman–Crippen LogP) is 1.99. The molecule has 1 atom stereocenters. The summed E-state index contributed by atoms with van der Waals surface area (Å²) in [6.07, 6.45) is 0.0589. The largest absolute Gasteiger partial charge is 0.379 e. The van der Waals surface area contributed by atoms with E-state index in [4.69, 9.17) is 4.74 Å². The maximum absolute atomic E-state index is 11.5. The molecule has 0 rings (SSSR count). The number of ether oxygens (including phenoxy) is 1. The summed E-state index contributed by atoms with van der Waals surface area (Å²) in [5, 5.41) is 9.28. The van der Waals surface area contributed by atoms with Crippen LogP contribution in [-0.4, -0.2) is 51.3 Å². The van der Waals surface area contributed by atoms with Gasteiger partial charge in [0, 0.05) is 32.7 Å². The van der Waals surface area contributed by atoms with Gasteiger partial charge in [-0.3, -0.25) is 9.79 Å². The second kappa shape index (κ2) is 12.8. The van der Waals surface area contributed by atoms with Crippen LogP contribution in [0.1, 0.15) is 41.5 Å². The van der Waals surface area contributed by atoms with E-state index in [0.29, 0.717) is 19.6 Å². The fourth-order valence-corrected chi connectivity index (χ4v) is 1.79. The zero-order valence-electron chi connectivity index (χ0n) is 15.7. The number of amides is 1. The number of hydrogen-bond donors (Lipinski definition) is 3. The zero-order valence-corrected chi connectivity index (χ0v) is 18.0. The summed E-state index contributed by atoms with van der Waals surface area (Å²) >= 11 is 0. The van der Waals surface area contributed by atoms with E-state index in [0.717, 1.165) is 12.5 Å². The van der Waals surface area contributed by atoms with Gasteiger partial charge in [-0.2, -0.15) is 0 Å². The van der Waals surface area contributed by atoms with Crippen molar-refractivity contribution in [1.82, 2.24) is 16.0 Å². The summed E-state index contributed by atoms with van der Waals surface area (Å²) in [6.45, 7) is 14.8. The molecule has 0 aliphatic carbocycles. The van der Waals surface area contributed by atoms with Crippen LogP contribution in [0.15, 0.2) is 4.99 Å². The van der Waals surface area contributed by atoms with Gasteiger partial charge in [-0.25, -0.2) is 0 Å². The average Bonchev–Trinajstić information content (AvgIpc) is 2.41. The van der Waals surface area contributed by atoms with Crippen LogP contribution in [-0.2, 0) is 9.53 Å². The molecule has 0 aromatic heterocycles. The van der Waals surface area contributed by atoms with E-state index in [9.17, 15) is 4.79 Å². The van der Waals surface area contributed by atoms with Crippen LogP contribution in [0.25, 0.3) is 0 Å². The van der Waals surface area contributed by atoms with E-state index >= 15 is 0 Å². The number of nitrogens with zero attached hydrogens (tertiary/aromatic N) is 1. The van der Waals surface area contributed by atoms with Gasteiger partial charge >= 0.3 is 0 Å². The molecule has 0 saturated carbocycles. The van der Waals surface area contributed by atoms with Crippen molar-refractivity contribution < 1.29 is 9.53 Å². The molecule has 0 heterocycles. The molecule has 138 valence electrons. The standard InChI is InChI=1S/C16H34N4O2.HI/c1-8-17-15(19-10-9-18-14(21)12(2)3)20-11-13(22-7)16(4,5)6;/h12-13H,8-11H2,1-7H3,(H,18,21)(H2,17,19,20);1H. The van der Waals surface area contributed by atoms with Gasteiger partial charge in [0.15, 0.2) is 5.96 Å². The molecule has 6 nitrogen and oxygen atoms in total. The fourth-order valence-electron chi connectivity index (χ4n) is 1.79. The third-order valence-electron chi connectivity index (χ3n) is 3.25. The van der Waals surface area contributed by atoms with E-state index < -0.39 is 0 Å². The van der Waals surface area contributed by atoms with Crippen molar-refractivity contribution >= 4 is 35.8 Å². The molecule has 0 aromatic carbocycles. The topological polar surface area (TPSA) is 74.8 Å². The fraction of sp³-hybridized carbons (Fsp3) is 0.875. The van der Waals surface area contributed by atoms with Crippen LogP contribution in [0, 0.1) is 11.3 Å². The lowest BCUT2D eigenvalue weighted by molar-refractivity contribution is -0.123. The Kier molecular flexibility index (Phi) is 13.7. The molecular weight excluding hydrogens is 407 g/mol. The van der Waals surface area contributed by atoms with Crippen LogP contribution in [0.2, 0.25) is 0 Å². The normalized spacial score (nSPS) is 13.3.